The number of likely N-dealkylation sites (N-methyl/N-ethyl adjacent to an activating group) is 2. The van der Waals surface area contributed by atoms with Crippen LogP contribution >= 0.6 is 23.5 Å². The molecule has 2 aromatic carbocycles. The number of nitrogens with one attached hydrogen (secondary N) is 4. The van der Waals surface area contributed by atoms with E-state index in [1.165, 1.54) is 46.3 Å². The molecule has 7 rings (SSSR count). The lowest BCUT2D eigenvalue weighted by Gasteiger charge is -2.39. The zero-order chi connectivity index (χ0) is 66.8. The SMILES string of the molecule is CCC1CCCCCCSCc2nc3ccc(C(=O)NCC4CCN(C(=O)Oc5ccc(C[C@H](NC(=O)[C@H](C)[C@@H](OC)[C@@H]6CCCN6C(=O)C[C@@H](OC)[C@H]([C@@H](C)CC)N(C)C(=O)CNC(=O)C(C(C)C)N(C)C)C(=O)NS(=O)(=O)C6CC6)cc5)CC4)cc3nc2CS1. The molecule has 9 atom stereocenters. The Hall–Kier alpha value is -5.60. The third kappa shape index (κ3) is 20.5. The molecule has 1 aromatic heterocycles. The van der Waals surface area contributed by atoms with Crippen molar-refractivity contribution < 1.29 is 56.2 Å². The standard InChI is InChI=1S/C67H102N10O12S3/c1-12-43(5)61(75(9)59(79)39-69-66(83)60(42(3)4)74(7)8)57(87-10)37-58(78)77-31-18-20-56(77)62(88-11)44(6)63(80)72-53(65(82)73-92(85,86)50-26-27-50)35-45-21-24-48(25-22-45)89-67(84)76-32-29-46(30-33-76)38-68-64(81)47-23-28-51-52(36-47)71-55-41-91-49(13-2)19-16-14-15-17-34-90-40-54(55)70-51/h21-25,28,36,42-44,46,49-50,53,56-57,60-62H,12-20,26-27,29-35,37-41H2,1-11H3,(H,68,81)(H,69,83)(H,72,80)(H,73,82)/t43-,44+,49?,53-,56-,57+,60?,61-,62+/m0/s1. The number of aromatic nitrogens is 2. The highest BCUT2D eigenvalue weighted by Crippen LogP contribution is 2.33. The third-order valence-corrected chi connectivity index (χ3v) is 23.2. The number of hydrogen-bond acceptors (Lipinski definition) is 17. The summed E-state index contributed by atoms with van der Waals surface area (Å²) in [5.74, 6) is -0.417. The van der Waals surface area contributed by atoms with E-state index in [0.29, 0.717) is 93.0 Å². The van der Waals surface area contributed by atoms with E-state index in [4.69, 9.17) is 24.2 Å². The fraction of sp³-hybridized carbons (Fsp3) is 0.687. The van der Waals surface area contributed by atoms with Gasteiger partial charge in [-0.05, 0) is 131 Å². The second-order valence-electron chi connectivity index (χ2n) is 26.1. The molecule has 7 amide bonds. The predicted octanol–water partition coefficient (Wildman–Crippen LogP) is 7.74. The van der Waals surface area contributed by atoms with Crippen molar-refractivity contribution in [3.8, 4) is 5.75 Å². The molecule has 92 heavy (non-hydrogen) atoms. The van der Waals surface area contributed by atoms with E-state index in [1.807, 2.05) is 88.4 Å². The van der Waals surface area contributed by atoms with Crippen molar-refractivity contribution in [3.05, 3.63) is 65.0 Å². The molecular formula is C67H102N10O12S3. The number of thioether (sulfide) groups is 2. The van der Waals surface area contributed by atoms with Crippen molar-refractivity contribution in [1.82, 2.24) is 50.2 Å². The lowest BCUT2D eigenvalue weighted by atomic mass is 9.90. The first-order chi connectivity index (χ1) is 44.0. The molecule has 4 N–H and O–H groups in total. The van der Waals surface area contributed by atoms with Crippen molar-refractivity contribution in [3.63, 3.8) is 0 Å². The van der Waals surface area contributed by atoms with Gasteiger partial charge in [-0.1, -0.05) is 79.4 Å². The van der Waals surface area contributed by atoms with Crippen LogP contribution in [0.1, 0.15) is 159 Å². The number of carbonyl (C=O) groups excluding carboxylic acids is 7. The fourth-order valence-corrected chi connectivity index (χ4v) is 16.5. The number of carbonyl (C=O) groups is 7. The highest BCUT2D eigenvalue weighted by molar-refractivity contribution is 7.99. The van der Waals surface area contributed by atoms with Crippen LogP contribution < -0.4 is 25.4 Å². The van der Waals surface area contributed by atoms with E-state index in [9.17, 15) is 42.0 Å². The number of rotatable bonds is 27. The summed E-state index contributed by atoms with van der Waals surface area (Å²) >= 11 is 3.88. The lowest BCUT2D eigenvalue weighted by molar-refractivity contribution is -0.146. The summed E-state index contributed by atoms with van der Waals surface area (Å²) in [6.07, 6.45) is 9.03. The maximum absolute atomic E-state index is 14.4. The van der Waals surface area contributed by atoms with Gasteiger partial charge < -0.3 is 44.9 Å². The Morgan fingerprint density at radius 1 is 0.761 bits per heavy atom. The van der Waals surface area contributed by atoms with Crippen LogP contribution in [0.3, 0.4) is 0 Å². The second-order valence-corrected chi connectivity index (χ2v) is 30.4. The van der Waals surface area contributed by atoms with Crippen LogP contribution in [-0.2, 0) is 61.4 Å². The molecule has 2 unspecified atom stereocenters. The molecule has 3 aromatic rings. The summed E-state index contributed by atoms with van der Waals surface area (Å²) in [5, 5.41) is 8.59. The van der Waals surface area contributed by atoms with Gasteiger partial charge in [0.1, 0.15) is 11.8 Å². The summed E-state index contributed by atoms with van der Waals surface area (Å²) < 4.78 is 46.2. The van der Waals surface area contributed by atoms with Crippen molar-refractivity contribution in [2.24, 2.45) is 23.7 Å². The van der Waals surface area contributed by atoms with Crippen molar-refractivity contribution in [1.29, 1.82) is 0 Å². The van der Waals surface area contributed by atoms with E-state index in [2.05, 4.69) is 27.6 Å². The van der Waals surface area contributed by atoms with Crippen molar-refractivity contribution >= 4 is 86.1 Å². The van der Waals surface area contributed by atoms with E-state index >= 15 is 0 Å². The van der Waals surface area contributed by atoms with Crippen LogP contribution in [0.15, 0.2) is 42.5 Å². The molecule has 0 spiro atoms. The minimum atomic E-state index is -4.01. The molecule has 1 aliphatic carbocycles. The Kier molecular flexibility index (Phi) is 28.3. The highest BCUT2D eigenvalue weighted by Gasteiger charge is 2.44. The molecule has 3 fully saturated rings. The third-order valence-electron chi connectivity index (χ3n) is 18.8. The van der Waals surface area contributed by atoms with Crippen molar-refractivity contribution in [2.45, 2.75) is 196 Å². The fourth-order valence-electron chi connectivity index (χ4n) is 13.0. The first-order valence-corrected chi connectivity index (χ1v) is 36.9. The number of fused-ring (bicyclic) bond motifs is 2. The van der Waals surface area contributed by atoms with E-state index in [1.54, 1.807) is 52.9 Å². The summed E-state index contributed by atoms with van der Waals surface area (Å²) in [6.45, 7) is 13.2. The lowest BCUT2D eigenvalue weighted by Crippen LogP contribution is -2.56. The van der Waals surface area contributed by atoms with Crippen molar-refractivity contribution in [2.75, 3.05) is 73.8 Å². The topological polar surface area (TPSA) is 268 Å². The van der Waals surface area contributed by atoms with Crippen LogP contribution in [-0.4, -0.2) is 200 Å². The number of benzene rings is 2. The predicted molar refractivity (Wildman–Crippen MR) is 360 cm³/mol. The van der Waals surface area contributed by atoms with Gasteiger partial charge in [0, 0.05) is 76.2 Å². The summed E-state index contributed by atoms with van der Waals surface area (Å²) in [6, 6.07) is 9.12. The van der Waals surface area contributed by atoms with E-state index < -0.39 is 75.5 Å². The first-order valence-electron chi connectivity index (χ1n) is 33.2. The number of amides is 7. The van der Waals surface area contributed by atoms with Gasteiger partial charge in [-0.15, -0.1) is 0 Å². The molecule has 25 heteroatoms. The molecule has 4 aliphatic rings. The molecule has 22 nitrogen and oxygen atoms in total. The largest absolute Gasteiger partial charge is 0.415 e. The minimum absolute atomic E-state index is 0.0133. The van der Waals surface area contributed by atoms with Crippen LogP contribution in [0.25, 0.3) is 11.0 Å². The highest BCUT2D eigenvalue weighted by atomic mass is 32.2. The number of likely N-dealkylation sites (tertiary alicyclic amines) is 2. The Balaban J connectivity index is 0.922. The van der Waals surface area contributed by atoms with E-state index in [0.717, 1.165) is 40.6 Å². The Bertz CT molecular complexity index is 3080. The quantitative estimate of drug-likeness (QED) is 0.0568. The zero-order valence-electron chi connectivity index (χ0n) is 56.0. The second kappa shape index (κ2) is 35.2. The number of sulfonamides is 1. The van der Waals surface area contributed by atoms with Gasteiger partial charge in [0.25, 0.3) is 11.8 Å². The number of ether oxygens (including phenoxy) is 3. The Morgan fingerprint density at radius 3 is 2.11 bits per heavy atom. The maximum Gasteiger partial charge on any atom is 0.415 e. The number of hydrogen-bond donors (Lipinski definition) is 4. The number of nitrogens with zero attached hydrogens (tertiary/aromatic N) is 6. The smallest absolute Gasteiger partial charge is 0.410 e. The van der Waals surface area contributed by atoms with Gasteiger partial charge in [0.2, 0.25) is 33.7 Å². The normalized spacial score (nSPS) is 20.2. The molecule has 3 aliphatic heterocycles. The molecule has 0 radical (unpaired) electrons. The zero-order valence-corrected chi connectivity index (χ0v) is 58.5. The summed E-state index contributed by atoms with van der Waals surface area (Å²) in [7, 11) is 4.24. The summed E-state index contributed by atoms with van der Waals surface area (Å²) in [4.78, 5) is 113. The summed E-state index contributed by atoms with van der Waals surface area (Å²) in [5.41, 5.74) is 4.61. The van der Waals surface area contributed by atoms with Gasteiger partial charge >= 0.3 is 6.09 Å². The average Bonchev–Trinajstić information content (AvgIpc) is 1.10. The molecule has 0 bridgehead atoms. The molecule has 4 heterocycles. The first kappa shape index (κ1) is 73.8. The molecular weight excluding hydrogens is 1230 g/mol. The maximum atomic E-state index is 14.4. The number of methoxy groups -OCH3 is 2. The van der Waals surface area contributed by atoms with Crippen LogP contribution in [0, 0.1) is 23.7 Å². The van der Waals surface area contributed by atoms with Gasteiger partial charge in [-0.25, -0.2) is 23.2 Å². The van der Waals surface area contributed by atoms with Gasteiger partial charge in [0.15, 0.2) is 0 Å². The Labute approximate surface area is 554 Å². The van der Waals surface area contributed by atoms with E-state index in [-0.39, 0.29) is 66.5 Å². The van der Waals surface area contributed by atoms with Crippen LogP contribution in [0.5, 0.6) is 5.75 Å². The minimum Gasteiger partial charge on any atom is -0.410 e. The average molecular weight is 1340 g/mol. The molecule has 2 saturated heterocycles. The number of piperidine rings is 1. The van der Waals surface area contributed by atoms with Crippen LogP contribution in [0.4, 0.5) is 4.79 Å². The van der Waals surface area contributed by atoms with Crippen LogP contribution in [0.2, 0.25) is 0 Å². The molecule has 510 valence electrons. The van der Waals surface area contributed by atoms with Gasteiger partial charge in [0.05, 0.1) is 76.9 Å². The van der Waals surface area contributed by atoms with Gasteiger partial charge in [-0.3, -0.25) is 38.4 Å². The van der Waals surface area contributed by atoms with Gasteiger partial charge in [-0.2, -0.15) is 23.5 Å². The monoisotopic (exact) mass is 1330 g/mol. The Morgan fingerprint density at radius 2 is 1.46 bits per heavy atom. The molecule has 1 saturated carbocycles.